The fraction of sp³-hybridized carbons (Fsp3) is 0.688. The second-order valence-electron chi connectivity index (χ2n) is 6.21. The van der Waals surface area contributed by atoms with Crippen LogP contribution in [0.1, 0.15) is 17.7 Å². The molecule has 0 atom stereocenters. The Balaban J connectivity index is 1.45. The lowest BCUT2D eigenvalue weighted by atomic mass is 10.0. The molecule has 0 radical (unpaired) electrons. The zero-order valence-corrected chi connectivity index (χ0v) is 13.6. The predicted molar refractivity (Wildman–Crippen MR) is 86.7 cm³/mol. The maximum Gasteiger partial charge on any atom is 0.227 e. The number of carbonyl (C=O) groups excluding carboxylic acids is 1. The molecule has 0 aromatic carbocycles. The Labute approximate surface area is 131 Å². The Morgan fingerprint density at radius 1 is 1.19 bits per heavy atom. The molecule has 21 heavy (non-hydrogen) atoms. The number of nitrogens with zero attached hydrogens (tertiary/aromatic N) is 3. The third kappa shape index (κ3) is 3.84. The molecule has 0 spiro atoms. The maximum atomic E-state index is 12.3. The highest BCUT2D eigenvalue weighted by Gasteiger charge is 2.27. The monoisotopic (exact) mass is 307 g/mol. The van der Waals surface area contributed by atoms with Crippen molar-refractivity contribution in [1.29, 1.82) is 0 Å². The number of rotatable bonds is 3. The van der Waals surface area contributed by atoms with Gasteiger partial charge in [-0.3, -0.25) is 9.69 Å². The molecule has 3 rings (SSSR count). The summed E-state index contributed by atoms with van der Waals surface area (Å²) in [6, 6.07) is 4.80. The minimum atomic E-state index is 0.292. The Hall–Kier alpha value is -0.910. The van der Waals surface area contributed by atoms with Crippen molar-refractivity contribution in [3.63, 3.8) is 0 Å². The molecule has 0 N–H and O–H groups in total. The molecular formula is C16H25N3OS. The van der Waals surface area contributed by atoms with E-state index in [1.54, 1.807) is 11.3 Å². The quantitative estimate of drug-likeness (QED) is 0.847. The summed E-state index contributed by atoms with van der Waals surface area (Å²) in [5, 5.41) is 2.04. The SMILES string of the molecule is CN1CCC(N2CCN(C(=O)Cc3cccs3)CC2)CC1. The molecule has 3 heterocycles. The number of hydrogen-bond acceptors (Lipinski definition) is 4. The number of piperidine rings is 1. The van der Waals surface area contributed by atoms with Crippen molar-refractivity contribution in [2.45, 2.75) is 25.3 Å². The zero-order valence-electron chi connectivity index (χ0n) is 12.8. The molecule has 1 aromatic heterocycles. The summed E-state index contributed by atoms with van der Waals surface area (Å²) in [6.07, 6.45) is 3.13. The Bertz CT molecular complexity index is 446. The van der Waals surface area contributed by atoms with E-state index in [1.165, 1.54) is 30.8 Å². The van der Waals surface area contributed by atoms with E-state index in [4.69, 9.17) is 0 Å². The van der Waals surface area contributed by atoms with Crippen LogP contribution in [0.5, 0.6) is 0 Å². The number of likely N-dealkylation sites (tertiary alicyclic amines) is 1. The van der Waals surface area contributed by atoms with Crippen molar-refractivity contribution in [2.75, 3.05) is 46.3 Å². The van der Waals surface area contributed by atoms with Crippen LogP contribution in [-0.2, 0) is 11.2 Å². The smallest absolute Gasteiger partial charge is 0.227 e. The highest BCUT2D eigenvalue weighted by molar-refractivity contribution is 7.10. The maximum absolute atomic E-state index is 12.3. The number of carbonyl (C=O) groups is 1. The normalized spacial score (nSPS) is 22.6. The average molecular weight is 307 g/mol. The van der Waals surface area contributed by atoms with E-state index in [1.807, 2.05) is 16.3 Å². The average Bonchev–Trinajstić information content (AvgIpc) is 3.01. The first-order valence-electron chi connectivity index (χ1n) is 7.95. The topological polar surface area (TPSA) is 26.8 Å². The first kappa shape index (κ1) is 15.0. The van der Waals surface area contributed by atoms with Gasteiger partial charge in [-0.2, -0.15) is 0 Å². The lowest BCUT2D eigenvalue weighted by molar-refractivity contribution is -0.132. The van der Waals surface area contributed by atoms with Gasteiger partial charge in [-0.1, -0.05) is 6.07 Å². The highest BCUT2D eigenvalue weighted by Crippen LogP contribution is 2.18. The molecule has 2 saturated heterocycles. The van der Waals surface area contributed by atoms with E-state index in [0.717, 1.165) is 32.2 Å². The standard InChI is InChI=1S/C16H25N3OS/c1-17-6-4-14(5-7-17)18-8-10-19(11-9-18)16(20)13-15-3-2-12-21-15/h2-3,12,14H,4-11,13H2,1H3. The second-order valence-corrected chi connectivity index (χ2v) is 7.24. The number of thiophene rings is 1. The van der Waals surface area contributed by atoms with Crippen LogP contribution in [-0.4, -0.2) is 73.0 Å². The Morgan fingerprint density at radius 2 is 1.90 bits per heavy atom. The van der Waals surface area contributed by atoms with Crippen LogP contribution in [0, 0.1) is 0 Å². The van der Waals surface area contributed by atoms with Crippen LogP contribution >= 0.6 is 11.3 Å². The molecule has 2 fully saturated rings. The summed E-state index contributed by atoms with van der Waals surface area (Å²) in [5.74, 6) is 0.292. The largest absolute Gasteiger partial charge is 0.340 e. The highest BCUT2D eigenvalue weighted by atomic mass is 32.1. The number of amides is 1. The van der Waals surface area contributed by atoms with E-state index < -0.39 is 0 Å². The van der Waals surface area contributed by atoms with E-state index in [2.05, 4.69) is 22.9 Å². The minimum absolute atomic E-state index is 0.292. The molecule has 2 aliphatic heterocycles. The lowest BCUT2D eigenvalue weighted by Gasteiger charge is -2.42. The summed E-state index contributed by atoms with van der Waals surface area (Å²) >= 11 is 1.68. The van der Waals surface area contributed by atoms with Crippen LogP contribution in [0.2, 0.25) is 0 Å². The van der Waals surface area contributed by atoms with Crippen LogP contribution in [0.4, 0.5) is 0 Å². The van der Waals surface area contributed by atoms with Gasteiger partial charge in [0.05, 0.1) is 6.42 Å². The van der Waals surface area contributed by atoms with Crippen molar-refractivity contribution < 1.29 is 4.79 Å². The molecule has 116 valence electrons. The van der Waals surface area contributed by atoms with Gasteiger partial charge >= 0.3 is 0 Å². The van der Waals surface area contributed by atoms with E-state index in [0.29, 0.717) is 12.3 Å². The molecule has 1 amide bonds. The molecule has 5 heteroatoms. The van der Waals surface area contributed by atoms with Gasteiger partial charge in [0.25, 0.3) is 0 Å². The minimum Gasteiger partial charge on any atom is -0.340 e. The van der Waals surface area contributed by atoms with Crippen LogP contribution in [0.3, 0.4) is 0 Å². The summed E-state index contributed by atoms with van der Waals surface area (Å²) in [5.41, 5.74) is 0. The van der Waals surface area contributed by atoms with Gasteiger partial charge in [0.1, 0.15) is 0 Å². The third-order valence-electron chi connectivity index (χ3n) is 4.78. The molecule has 2 aliphatic rings. The van der Waals surface area contributed by atoms with Gasteiger partial charge in [0.2, 0.25) is 5.91 Å². The molecule has 0 unspecified atom stereocenters. The van der Waals surface area contributed by atoms with Crippen LogP contribution in [0.25, 0.3) is 0 Å². The molecule has 4 nitrogen and oxygen atoms in total. The summed E-state index contributed by atoms with van der Waals surface area (Å²) in [6.45, 7) is 6.31. The van der Waals surface area contributed by atoms with E-state index in [9.17, 15) is 4.79 Å². The van der Waals surface area contributed by atoms with Crippen molar-refractivity contribution >= 4 is 17.2 Å². The van der Waals surface area contributed by atoms with Crippen molar-refractivity contribution in [1.82, 2.24) is 14.7 Å². The van der Waals surface area contributed by atoms with Gasteiger partial charge in [-0.05, 0) is 44.4 Å². The van der Waals surface area contributed by atoms with Crippen molar-refractivity contribution in [3.8, 4) is 0 Å². The summed E-state index contributed by atoms with van der Waals surface area (Å²) in [4.78, 5) is 20.5. The second kappa shape index (κ2) is 6.90. The summed E-state index contributed by atoms with van der Waals surface area (Å²) in [7, 11) is 2.21. The van der Waals surface area contributed by atoms with Gasteiger partial charge in [0.15, 0.2) is 0 Å². The molecule has 1 aromatic rings. The Morgan fingerprint density at radius 3 is 2.52 bits per heavy atom. The van der Waals surface area contributed by atoms with Gasteiger partial charge in [-0.25, -0.2) is 0 Å². The summed E-state index contributed by atoms with van der Waals surface area (Å²) < 4.78 is 0. The fourth-order valence-electron chi connectivity index (χ4n) is 3.37. The molecule has 0 saturated carbocycles. The van der Waals surface area contributed by atoms with Gasteiger partial charge in [-0.15, -0.1) is 11.3 Å². The van der Waals surface area contributed by atoms with Crippen LogP contribution < -0.4 is 0 Å². The van der Waals surface area contributed by atoms with E-state index >= 15 is 0 Å². The van der Waals surface area contributed by atoms with Crippen molar-refractivity contribution in [2.24, 2.45) is 0 Å². The third-order valence-corrected chi connectivity index (χ3v) is 5.65. The first-order chi connectivity index (χ1) is 10.2. The fourth-order valence-corrected chi connectivity index (χ4v) is 4.07. The number of hydrogen-bond donors (Lipinski definition) is 0. The molecule has 0 bridgehead atoms. The lowest BCUT2D eigenvalue weighted by Crippen LogP contribution is -2.54. The van der Waals surface area contributed by atoms with Crippen molar-refractivity contribution in [3.05, 3.63) is 22.4 Å². The van der Waals surface area contributed by atoms with Crippen LogP contribution in [0.15, 0.2) is 17.5 Å². The molecule has 0 aliphatic carbocycles. The molecular weight excluding hydrogens is 282 g/mol. The predicted octanol–water partition coefficient (Wildman–Crippen LogP) is 1.53. The Kier molecular flexibility index (Phi) is 4.93. The number of piperazine rings is 1. The first-order valence-corrected chi connectivity index (χ1v) is 8.83. The van der Waals surface area contributed by atoms with E-state index in [-0.39, 0.29) is 0 Å². The zero-order chi connectivity index (χ0) is 14.7. The van der Waals surface area contributed by atoms with Gasteiger partial charge in [0, 0.05) is 37.1 Å². The van der Waals surface area contributed by atoms with Gasteiger partial charge < -0.3 is 9.80 Å².